The molecule has 0 saturated carbocycles. The number of benzene rings is 2. The van der Waals surface area contributed by atoms with Crippen molar-refractivity contribution in [3.63, 3.8) is 0 Å². The summed E-state index contributed by atoms with van der Waals surface area (Å²) in [5.41, 5.74) is 0.803. The number of esters is 1. The van der Waals surface area contributed by atoms with E-state index in [1.165, 1.54) is 25.6 Å². The van der Waals surface area contributed by atoms with Crippen LogP contribution in [0.2, 0.25) is 0 Å². The Morgan fingerprint density at radius 2 is 1.43 bits per heavy atom. The first-order chi connectivity index (χ1) is 14.3. The number of hydrogen-bond acceptors (Lipinski definition) is 8. The molecule has 0 amide bonds. The highest BCUT2D eigenvalue weighted by Crippen LogP contribution is 2.28. The summed E-state index contributed by atoms with van der Waals surface area (Å²) in [6, 6.07) is 13.5. The van der Waals surface area contributed by atoms with Crippen molar-refractivity contribution in [3.8, 4) is 0 Å². The second kappa shape index (κ2) is 10.9. The smallest absolute Gasteiger partial charge is 0.338 e. The van der Waals surface area contributed by atoms with Crippen LogP contribution in [0.25, 0.3) is 0 Å². The highest BCUT2D eigenvalue weighted by molar-refractivity contribution is 7.99. The second-order valence-electron chi connectivity index (χ2n) is 6.02. The molecule has 156 valence electrons. The fraction of sp³-hybridized carbons (Fsp3) is 0.190. The molecule has 1 N–H and O–H groups in total. The number of aliphatic carboxylic acids is 1. The third-order valence-corrected chi connectivity index (χ3v) is 4.65. The molecule has 0 aliphatic rings. The topological polar surface area (TPSA) is 119 Å². The molecule has 0 heterocycles. The maximum absolute atomic E-state index is 12.2. The SMILES string of the molecule is CC(=O)ON=C(C)C(=O)c1ccc(Sc2ccc(C(=O)OCCC(=O)O)cc2)cc1. The second-order valence-corrected chi connectivity index (χ2v) is 7.17. The molecule has 0 radical (unpaired) electrons. The molecule has 8 nitrogen and oxygen atoms in total. The van der Waals surface area contributed by atoms with Crippen LogP contribution in [0.4, 0.5) is 0 Å². The molecule has 2 aromatic carbocycles. The molecule has 0 saturated heterocycles. The monoisotopic (exact) mass is 429 g/mol. The number of hydrogen-bond donors (Lipinski definition) is 1. The molecule has 0 fully saturated rings. The van der Waals surface area contributed by atoms with Gasteiger partial charge in [0, 0.05) is 22.3 Å². The number of ketones is 1. The highest BCUT2D eigenvalue weighted by Gasteiger charge is 2.12. The largest absolute Gasteiger partial charge is 0.481 e. The lowest BCUT2D eigenvalue weighted by Crippen LogP contribution is -2.11. The molecule has 0 aliphatic heterocycles. The Morgan fingerprint density at radius 1 is 0.900 bits per heavy atom. The molecular weight excluding hydrogens is 410 g/mol. The van der Waals surface area contributed by atoms with Gasteiger partial charge < -0.3 is 14.7 Å². The van der Waals surface area contributed by atoms with Crippen LogP contribution in [0, 0.1) is 0 Å². The Labute approximate surface area is 176 Å². The quantitative estimate of drug-likeness (QED) is 0.211. The van der Waals surface area contributed by atoms with Crippen molar-refractivity contribution in [1.82, 2.24) is 0 Å². The number of carbonyl (C=O) groups excluding carboxylic acids is 3. The number of ether oxygens (including phenoxy) is 1. The maximum Gasteiger partial charge on any atom is 0.338 e. The van der Waals surface area contributed by atoms with Crippen LogP contribution in [0.3, 0.4) is 0 Å². The Bertz CT molecular complexity index is 966. The minimum absolute atomic E-state index is 0.0661. The summed E-state index contributed by atoms with van der Waals surface area (Å²) in [6.07, 6.45) is -0.243. The van der Waals surface area contributed by atoms with E-state index in [1.807, 2.05) is 0 Å². The lowest BCUT2D eigenvalue weighted by molar-refractivity contribution is -0.141. The third kappa shape index (κ3) is 7.17. The van der Waals surface area contributed by atoms with Crippen LogP contribution < -0.4 is 0 Å². The van der Waals surface area contributed by atoms with Crippen LogP contribution in [-0.2, 0) is 19.2 Å². The number of nitrogens with zero attached hydrogens (tertiary/aromatic N) is 1. The van der Waals surface area contributed by atoms with Crippen molar-refractivity contribution in [2.45, 2.75) is 30.1 Å². The average Bonchev–Trinajstić information content (AvgIpc) is 2.72. The molecule has 2 rings (SSSR count). The molecule has 2 aromatic rings. The Morgan fingerprint density at radius 3 is 1.93 bits per heavy atom. The number of carbonyl (C=O) groups is 4. The van der Waals surface area contributed by atoms with Gasteiger partial charge in [0.1, 0.15) is 12.3 Å². The summed E-state index contributed by atoms with van der Waals surface area (Å²) in [5, 5.41) is 12.0. The summed E-state index contributed by atoms with van der Waals surface area (Å²) < 4.78 is 4.89. The van der Waals surface area contributed by atoms with Crippen LogP contribution in [0.5, 0.6) is 0 Å². The lowest BCUT2D eigenvalue weighted by Gasteiger charge is -2.06. The summed E-state index contributed by atoms with van der Waals surface area (Å²) in [6.45, 7) is 2.48. The fourth-order valence-electron chi connectivity index (χ4n) is 2.17. The van der Waals surface area contributed by atoms with Crippen molar-refractivity contribution in [3.05, 3.63) is 59.7 Å². The molecule has 30 heavy (non-hydrogen) atoms. The van der Waals surface area contributed by atoms with E-state index < -0.39 is 17.9 Å². The predicted molar refractivity (Wildman–Crippen MR) is 109 cm³/mol. The van der Waals surface area contributed by atoms with Crippen LogP contribution >= 0.6 is 11.8 Å². The summed E-state index contributed by atoms with van der Waals surface area (Å²) in [7, 11) is 0. The fourth-order valence-corrected chi connectivity index (χ4v) is 2.98. The zero-order valence-electron chi connectivity index (χ0n) is 16.3. The first-order valence-corrected chi connectivity index (χ1v) is 9.61. The van der Waals surface area contributed by atoms with E-state index in [0.29, 0.717) is 11.1 Å². The molecule has 0 aliphatic carbocycles. The highest BCUT2D eigenvalue weighted by atomic mass is 32.2. The van der Waals surface area contributed by atoms with Crippen molar-refractivity contribution >= 4 is 41.2 Å². The van der Waals surface area contributed by atoms with Crippen LogP contribution in [-0.4, -0.2) is 41.1 Å². The normalized spacial score (nSPS) is 10.9. The number of oxime groups is 1. The third-order valence-electron chi connectivity index (χ3n) is 3.63. The van der Waals surface area contributed by atoms with Gasteiger partial charge in [-0.05, 0) is 55.5 Å². The Kier molecular flexibility index (Phi) is 8.30. The van der Waals surface area contributed by atoms with Gasteiger partial charge in [0.2, 0.25) is 5.78 Å². The minimum atomic E-state index is -1.03. The van der Waals surface area contributed by atoms with Crippen LogP contribution in [0.15, 0.2) is 63.5 Å². The average molecular weight is 429 g/mol. The van der Waals surface area contributed by atoms with Crippen molar-refractivity contribution in [1.29, 1.82) is 0 Å². The van der Waals surface area contributed by atoms with Gasteiger partial charge in [-0.1, -0.05) is 16.9 Å². The summed E-state index contributed by atoms with van der Waals surface area (Å²) in [5.74, 6) is -2.57. The molecule has 0 atom stereocenters. The van der Waals surface area contributed by atoms with E-state index >= 15 is 0 Å². The van der Waals surface area contributed by atoms with Gasteiger partial charge in [0.25, 0.3) is 0 Å². The zero-order valence-corrected chi connectivity index (χ0v) is 17.1. The van der Waals surface area contributed by atoms with E-state index in [0.717, 1.165) is 9.79 Å². The molecule has 0 unspecified atom stereocenters. The first kappa shape index (κ1) is 22.8. The number of Topliss-reactive ketones (excluding diaryl/α,β-unsaturated/α-hetero) is 1. The molecule has 0 aromatic heterocycles. The Hall–Kier alpha value is -3.46. The standard InChI is InChI=1S/C21H19NO7S/c1-13(22-29-14(2)23)20(26)15-3-7-17(8-4-15)30-18-9-5-16(6-10-18)21(27)28-12-11-19(24)25/h3-10H,11-12H2,1-2H3,(H,24,25). The first-order valence-electron chi connectivity index (χ1n) is 8.80. The number of carboxylic acid groups (broad SMARTS) is 1. The molecule has 0 bridgehead atoms. The lowest BCUT2D eigenvalue weighted by atomic mass is 10.1. The van der Waals surface area contributed by atoms with E-state index in [2.05, 4.69) is 9.99 Å². The molecular formula is C21H19NO7S. The van der Waals surface area contributed by atoms with Crippen molar-refractivity contribution in [2.24, 2.45) is 5.16 Å². The van der Waals surface area contributed by atoms with Crippen LogP contribution in [0.1, 0.15) is 41.0 Å². The molecule has 0 spiro atoms. The number of carboxylic acids is 1. The summed E-state index contributed by atoms with van der Waals surface area (Å²) in [4.78, 5) is 51.5. The minimum Gasteiger partial charge on any atom is -0.481 e. The van der Waals surface area contributed by atoms with Gasteiger partial charge in [0.05, 0.1) is 12.0 Å². The Balaban J connectivity index is 1.96. The van der Waals surface area contributed by atoms with Crippen molar-refractivity contribution < 1.29 is 33.9 Å². The number of rotatable bonds is 9. The van der Waals surface area contributed by atoms with Gasteiger partial charge >= 0.3 is 17.9 Å². The van der Waals surface area contributed by atoms with E-state index in [4.69, 9.17) is 9.84 Å². The predicted octanol–water partition coefficient (Wildman–Crippen LogP) is 3.59. The molecule has 9 heteroatoms. The van der Waals surface area contributed by atoms with Gasteiger partial charge in [-0.15, -0.1) is 0 Å². The van der Waals surface area contributed by atoms with E-state index in [9.17, 15) is 19.2 Å². The van der Waals surface area contributed by atoms with Crippen molar-refractivity contribution in [2.75, 3.05) is 6.61 Å². The maximum atomic E-state index is 12.2. The zero-order chi connectivity index (χ0) is 22.1. The van der Waals surface area contributed by atoms with E-state index in [-0.39, 0.29) is 24.5 Å². The van der Waals surface area contributed by atoms with E-state index in [1.54, 1.807) is 48.5 Å². The van der Waals surface area contributed by atoms with Gasteiger partial charge in [-0.3, -0.25) is 9.59 Å². The summed E-state index contributed by atoms with van der Waals surface area (Å²) >= 11 is 1.43. The van der Waals surface area contributed by atoms with Gasteiger partial charge in [0.15, 0.2) is 0 Å². The van der Waals surface area contributed by atoms with Gasteiger partial charge in [-0.25, -0.2) is 9.59 Å². The van der Waals surface area contributed by atoms with Gasteiger partial charge in [-0.2, -0.15) is 0 Å².